The van der Waals surface area contributed by atoms with Crippen LogP contribution in [0.3, 0.4) is 0 Å². The summed E-state index contributed by atoms with van der Waals surface area (Å²) in [5, 5.41) is 2.80. The van der Waals surface area contributed by atoms with Crippen LogP contribution >= 0.6 is 0 Å². The van der Waals surface area contributed by atoms with Crippen molar-refractivity contribution in [1.82, 2.24) is 4.98 Å². The Balaban J connectivity index is 1.94. The van der Waals surface area contributed by atoms with Crippen molar-refractivity contribution in [3.63, 3.8) is 0 Å². The number of para-hydroxylation sites is 1. The highest BCUT2D eigenvalue weighted by atomic mass is 16.5. The molecule has 1 atom stereocenters. The maximum Gasteiger partial charge on any atom is 0.338 e. The lowest BCUT2D eigenvalue weighted by Crippen LogP contribution is -2.21. The van der Waals surface area contributed by atoms with Crippen LogP contribution in [0, 0.1) is 0 Å². The van der Waals surface area contributed by atoms with Gasteiger partial charge in [-0.1, -0.05) is 32.0 Å². The van der Waals surface area contributed by atoms with Crippen molar-refractivity contribution in [3.8, 4) is 0 Å². The van der Waals surface area contributed by atoms with Gasteiger partial charge in [-0.3, -0.25) is 9.78 Å². The van der Waals surface area contributed by atoms with Gasteiger partial charge in [0.05, 0.1) is 5.56 Å². The third kappa shape index (κ3) is 4.64. The van der Waals surface area contributed by atoms with Crippen molar-refractivity contribution in [2.75, 3.05) is 11.9 Å². The third-order valence-corrected chi connectivity index (χ3v) is 3.63. The van der Waals surface area contributed by atoms with Crippen LogP contribution in [0.15, 0.2) is 48.8 Å². The van der Waals surface area contributed by atoms with Gasteiger partial charge in [0.2, 0.25) is 0 Å². The van der Waals surface area contributed by atoms with Gasteiger partial charge in [0.15, 0.2) is 6.61 Å². The fourth-order valence-electron chi connectivity index (χ4n) is 2.15. The van der Waals surface area contributed by atoms with E-state index in [9.17, 15) is 9.59 Å². The van der Waals surface area contributed by atoms with Crippen LogP contribution in [0.1, 0.15) is 42.1 Å². The van der Waals surface area contributed by atoms with Crippen LogP contribution in [0.2, 0.25) is 0 Å². The second-order valence-corrected chi connectivity index (χ2v) is 5.26. The molecule has 1 aromatic heterocycles. The van der Waals surface area contributed by atoms with E-state index < -0.39 is 5.97 Å². The standard InChI is InChI=1S/C18H20N2O3/c1-3-13(2)15-6-4-5-7-16(15)20-17(21)12-23-18(22)14-8-10-19-11-9-14/h4-11,13H,3,12H2,1-2H3,(H,20,21)/t13-/m1/s1. The number of ether oxygens (including phenoxy) is 1. The van der Waals surface area contributed by atoms with Gasteiger partial charge in [-0.25, -0.2) is 4.79 Å². The second kappa shape index (κ2) is 8.08. The minimum absolute atomic E-state index is 0.323. The first-order valence-electron chi connectivity index (χ1n) is 7.57. The minimum atomic E-state index is -0.544. The first-order chi connectivity index (χ1) is 11.1. The van der Waals surface area contributed by atoms with Crippen LogP contribution in [0.4, 0.5) is 5.69 Å². The molecule has 0 fully saturated rings. The number of benzene rings is 1. The molecule has 5 nitrogen and oxygen atoms in total. The number of nitrogens with one attached hydrogen (secondary N) is 1. The molecule has 0 saturated heterocycles. The van der Waals surface area contributed by atoms with Crippen LogP contribution in [0.25, 0.3) is 0 Å². The number of nitrogens with zero attached hydrogens (tertiary/aromatic N) is 1. The predicted octanol–water partition coefficient (Wildman–Crippen LogP) is 3.39. The molecule has 0 spiro atoms. The summed E-state index contributed by atoms with van der Waals surface area (Å²) in [4.78, 5) is 27.6. The molecule has 1 heterocycles. The largest absolute Gasteiger partial charge is 0.452 e. The Morgan fingerprint density at radius 3 is 2.57 bits per heavy atom. The average molecular weight is 312 g/mol. The number of pyridine rings is 1. The minimum Gasteiger partial charge on any atom is -0.452 e. The Hall–Kier alpha value is -2.69. The number of esters is 1. The quantitative estimate of drug-likeness (QED) is 0.830. The molecule has 0 aliphatic carbocycles. The molecule has 2 rings (SSSR count). The van der Waals surface area contributed by atoms with Gasteiger partial charge in [-0.15, -0.1) is 0 Å². The summed E-state index contributed by atoms with van der Waals surface area (Å²) < 4.78 is 5.01. The third-order valence-electron chi connectivity index (χ3n) is 3.63. The number of hydrogen-bond donors (Lipinski definition) is 1. The summed E-state index contributed by atoms with van der Waals surface area (Å²) >= 11 is 0. The maximum atomic E-state index is 12.0. The topological polar surface area (TPSA) is 68.3 Å². The summed E-state index contributed by atoms with van der Waals surface area (Å²) in [6.07, 6.45) is 3.97. The molecule has 5 heteroatoms. The monoisotopic (exact) mass is 312 g/mol. The summed E-state index contributed by atoms with van der Waals surface area (Å²) in [7, 11) is 0. The zero-order chi connectivity index (χ0) is 16.7. The van der Waals surface area contributed by atoms with Crippen molar-refractivity contribution in [2.24, 2.45) is 0 Å². The van der Waals surface area contributed by atoms with Crippen molar-refractivity contribution >= 4 is 17.6 Å². The Morgan fingerprint density at radius 1 is 1.17 bits per heavy atom. The van der Waals surface area contributed by atoms with Crippen molar-refractivity contribution in [3.05, 3.63) is 59.9 Å². The number of anilines is 1. The Morgan fingerprint density at radius 2 is 1.87 bits per heavy atom. The average Bonchev–Trinajstić information content (AvgIpc) is 2.60. The van der Waals surface area contributed by atoms with Crippen LogP contribution in [0.5, 0.6) is 0 Å². The molecule has 120 valence electrons. The first kappa shape index (κ1) is 16.7. The maximum absolute atomic E-state index is 12.0. The second-order valence-electron chi connectivity index (χ2n) is 5.26. The molecule has 0 aliphatic rings. The number of carbonyl (C=O) groups is 2. The van der Waals surface area contributed by atoms with E-state index >= 15 is 0 Å². The van der Waals surface area contributed by atoms with Gasteiger partial charge in [0, 0.05) is 18.1 Å². The summed E-state index contributed by atoms with van der Waals surface area (Å²) in [5.74, 6) is -0.563. The number of amides is 1. The van der Waals surface area contributed by atoms with Gasteiger partial charge >= 0.3 is 5.97 Å². The van der Waals surface area contributed by atoms with Gasteiger partial charge in [-0.2, -0.15) is 0 Å². The van der Waals surface area contributed by atoms with E-state index in [4.69, 9.17) is 4.74 Å². The van der Waals surface area contributed by atoms with Crippen molar-refractivity contribution in [2.45, 2.75) is 26.2 Å². The Bertz CT molecular complexity index is 671. The highest BCUT2D eigenvalue weighted by Crippen LogP contribution is 2.26. The Labute approximate surface area is 135 Å². The zero-order valence-corrected chi connectivity index (χ0v) is 13.3. The highest BCUT2D eigenvalue weighted by Gasteiger charge is 2.13. The van der Waals surface area contributed by atoms with E-state index in [0.717, 1.165) is 17.7 Å². The van der Waals surface area contributed by atoms with E-state index in [1.54, 1.807) is 12.1 Å². The molecule has 0 aliphatic heterocycles. The molecule has 2 aromatic rings. The molecule has 1 amide bonds. The van der Waals surface area contributed by atoms with Gasteiger partial charge in [0.25, 0.3) is 5.91 Å². The number of rotatable bonds is 6. The van der Waals surface area contributed by atoms with Crippen LogP contribution in [-0.2, 0) is 9.53 Å². The first-order valence-corrected chi connectivity index (χ1v) is 7.57. The number of carbonyl (C=O) groups excluding carboxylic acids is 2. The molecule has 0 bridgehead atoms. The van der Waals surface area contributed by atoms with E-state index in [0.29, 0.717) is 11.5 Å². The molecular formula is C18H20N2O3. The van der Waals surface area contributed by atoms with Crippen molar-refractivity contribution in [1.29, 1.82) is 0 Å². The fourth-order valence-corrected chi connectivity index (χ4v) is 2.15. The van der Waals surface area contributed by atoms with E-state index in [-0.39, 0.29) is 12.5 Å². The van der Waals surface area contributed by atoms with E-state index in [1.165, 1.54) is 12.4 Å². The predicted molar refractivity (Wildman–Crippen MR) is 88.3 cm³/mol. The Kier molecular flexibility index (Phi) is 5.86. The summed E-state index contributed by atoms with van der Waals surface area (Å²) in [6, 6.07) is 10.7. The molecule has 1 N–H and O–H groups in total. The van der Waals surface area contributed by atoms with Crippen molar-refractivity contribution < 1.29 is 14.3 Å². The SMILES string of the molecule is CC[C@@H](C)c1ccccc1NC(=O)COC(=O)c1ccncc1. The smallest absolute Gasteiger partial charge is 0.338 e. The lowest BCUT2D eigenvalue weighted by molar-refractivity contribution is -0.119. The molecule has 0 saturated carbocycles. The van der Waals surface area contributed by atoms with Gasteiger partial charge < -0.3 is 10.1 Å². The highest BCUT2D eigenvalue weighted by molar-refractivity contribution is 5.95. The number of aromatic nitrogens is 1. The van der Waals surface area contributed by atoms with E-state index in [1.807, 2.05) is 24.3 Å². The molecule has 23 heavy (non-hydrogen) atoms. The summed E-state index contributed by atoms with van der Waals surface area (Å²) in [6.45, 7) is 3.88. The lowest BCUT2D eigenvalue weighted by atomic mass is 9.97. The normalized spacial score (nSPS) is 11.6. The van der Waals surface area contributed by atoms with Gasteiger partial charge in [0.1, 0.15) is 0 Å². The van der Waals surface area contributed by atoms with E-state index in [2.05, 4.69) is 24.1 Å². The van der Waals surface area contributed by atoms with Gasteiger partial charge in [-0.05, 0) is 36.1 Å². The number of hydrogen-bond acceptors (Lipinski definition) is 4. The molecule has 1 aromatic carbocycles. The molecule has 0 radical (unpaired) electrons. The lowest BCUT2D eigenvalue weighted by Gasteiger charge is -2.15. The zero-order valence-electron chi connectivity index (χ0n) is 13.3. The summed E-state index contributed by atoms with van der Waals surface area (Å²) in [5.41, 5.74) is 2.20. The van der Waals surface area contributed by atoms with Crippen LogP contribution in [-0.4, -0.2) is 23.5 Å². The molecule has 0 unspecified atom stereocenters. The fraction of sp³-hybridized carbons (Fsp3) is 0.278. The molecular weight excluding hydrogens is 292 g/mol. The van der Waals surface area contributed by atoms with Crippen LogP contribution < -0.4 is 5.32 Å².